The molecule has 0 aliphatic carbocycles. The Kier molecular flexibility index (Phi) is 4.59. The molecule has 2 aromatic rings. The summed E-state index contributed by atoms with van der Waals surface area (Å²) >= 11 is 0. The van der Waals surface area contributed by atoms with Gasteiger partial charge in [0.05, 0.1) is 0 Å². The molecular weight excluding hydrogens is 333 g/mol. The number of anilines is 1. The van der Waals surface area contributed by atoms with Crippen molar-refractivity contribution in [1.29, 1.82) is 0 Å². The zero-order chi connectivity index (χ0) is 17.2. The fraction of sp³-hybridized carbons (Fsp3) is 0.250. The molecule has 1 aromatic heterocycles. The van der Waals surface area contributed by atoms with Crippen LogP contribution in [-0.4, -0.2) is 32.4 Å². The summed E-state index contributed by atoms with van der Waals surface area (Å²) in [6.45, 7) is 0.542. The van der Waals surface area contributed by atoms with Crippen LogP contribution < -0.4 is 9.62 Å². The van der Waals surface area contributed by atoms with Gasteiger partial charge in [-0.2, -0.15) is 0 Å². The molecule has 126 valence electrons. The second kappa shape index (κ2) is 6.66. The number of nitrogens with zero attached hydrogens (tertiary/aromatic N) is 2. The number of benzene rings is 1. The maximum Gasteiger partial charge on any atom is 0.242 e. The molecule has 0 spiro atoms. The highest BCUT2D eigenvalue weighted by Gasteiger charge is 2.31. The molecule has 1 aliphatic rings. The van der Waals surface area contributed by atoms with E-state index < -0.39 is 10.0 Å². The van der Waals surface area contributed by atoms with Crippen LogP contribution in [0.4, 0.5) is 10.1 Å². The second-order valence-electron chi connectivity index (χ2n) is 5.59. The lowest BCUT2D eigenvalue weighted by molar-refractivity contribution is -0.117. The van der Waals surface area contributed by atoms with Gasteiger partial charge in [0, 0.05) is 37.6 Å². The Bertz CT molecular complexity index is 825. The first-order chi connectivity index (χ1) is 11.5. The molecule has 6 nitrogen and oxygen atoms in total. The van der Waals surface area contributed by atoms with Gasteiger partial charge in [-0.25, -0.2) is 17.5 Å². The van der Waals surface area contributed by atoms with Crippen molar-refractivity contribution in [2.75, 3.05) is 18.0 Å². The van der Waals surface area contributed by atoms with E-state index >= 15 is 0 Å². The minimum Gasteiger partial charge on any atom is -0.312 e. The van der Waals surface area contributed by atoms with E-state index in [1.54, 1.807) is 11.0 Å². The van der Waals surface area contributed by atoms with Gasteiger partial charge in [0.15, 0.2) is 0 Å². The lowest BCUT2D eigenvalue weighted by Gasteiger charge is -2.17. The smallest absolute Gasteiger partial charge is 0.242 e. The van der Waals surface area contributed by atoms with Crippen molar-refractivity contribution < 1.29 is 17.6 Å². The molecule has 1 N–H and O–H groups in total. The summed E-state index contributed by atoms with van der Waals surface area (Å²) in [4.78, 5) is 17.5. The largest absolute Gasteiger partial charge is 0.312 e. The average molecular weight is 349 g/mol. The first-order valence-corrected chi connectivity index (χ1v) is 8.89. The minimum absolute atomic E-state index is 0.0877. The van der Waals surface area contributed by atoms with Crippen molar-refractivity contribution in [1.82, 2.24) is 9.71 Å². The van der Waals surface area contributed by atoms with Gasteiger partial charge in [-0.1, -0.05) is 0 Å². The molecule has 3 rings (SSSR count). The first-order valence-electron chi connectivity index (χ1n) is 7.41. The van der Waals surface area contributed by atoms with Crippen LogP contribution in [-0.2, 0) is 14.8 Å². The Morgan fingerprint density at radius 3 is 2.67 bits per heavy atom. The lowest BCUT2D eigenvalue weighted by atomic mass is 10.1. The van der Waals surface area contributed by atoms with Gasteiger partial charge in [-0.3, -0.25) is 9.78 Å². The topological polar surface area (TPSA) is 79.4 Å². The lowest BCUT2D eigenvalue weighted by Crippen LogP contribution is -2.31. The van der Waals surface area contributed by atoms with Gasteiger partial charge < -0.3 is 4.90 Å². The molecule has 1 atom stereocenters. The maximum absolute atomic E-state index is 13.0. The van der Waals surface area contributed by atoms with Crippen LogP contribution in [0.3, 0.4) is 0 Å². The highest BCUT2D eigenvalue weighted by Crippen LogP contribution is 2.25. The van der Waals surface area contributed by atoms with E-state index in [9.17, 15) is 17.6 Å². The van der Waals surface area contributed by atoms with E-state index in [1.165, 1.54) is 42.7 Å². The van der Waals surface area contributed by atoms with Gasteiger partial charge in [-0.05, 0) is 42.3 Å². The standard InChI is InChI=1S/C16H16FN3O3S/c17-13-3-5-14(6-4-13)20-11-12(8-16(20)21)9-19-24(22,23)15-2-1-7-18-10-15/h1-7,10,12,19H,8-9,11H2/t12-/m0/s1. The highest BCUT2D eigenvalue weighted by molar-refractivity contribution is 7.89. The number of hydrogen-bond acceptors (Lipinski definition) is 4. The fourth-order valence-electron chi connectivity index (χ4n) is 2.61. The van der Waals surface area contributed by atoms with Crippen molar-refractivity contribution in [2.24, 2.45) is 5.92 Å². The monoisotopic (exact) mass is 349 g/mol. The molecule has 1 saturated heterocycles. The Morgan fingerprint density at radius 2 is 2.00 bits per heavy atom. The molecule has 1 aliphatic heterocycles. The SMILES string of the molecule is O=C1C[C@@H](CNS(=O)(=O)c2cccnc2)CN1c1ccc(F)cc1. The third-order valence-electron chi connectivity index (χ3n) is 3.85. The molecule has 0 radical (unpaired) electrons. The average Bonchev–Trinajstić information content (AvgIpc) is 2.96. The van der Waals surface area contributed by atoms with Gasteiger partial charge >= 0.3 is 0 Å². The highest BCUT2D eigenvalue weighted by atomic mass is 32.2. The number of halogens is 1. The molecule has 8 heteroatoms. The number of amides is 1. The summed E-state index contributed by atoms with van der Waals surface area (Å²) in [5.74, 6) is -0.618. The second-order valence-corrected chi connectivity index (χ2v) is 7.36. The van der Waals surface area contributed by atoms with Crippen LogP contribution in [0.1, 0.15) is 6.42 Å². The molecule has 1 amide bonds. The van der Waals surface area contributed by atoms with Crippen LogP contribution in [0.25, 0.3) is 0 Å². The number of sulfonamides is 1. The van der Waals surface area contributed by atoms with Gasteiger partial charge in [0.25, 0.3) is 0 Å². The zero-order valence-corrected chi connectivity index (χ0v) is 13.5. The molecule has 2 heterocycles. The van der Waals surface area contributed by atoms with Crippen LogP contribution in [0, 0.1) is 11.7 Å². The number of aromatic nitrogens is 1. The van der Waals surface area contributed by atoms with Gasteiger partial charge in [0.1, 0.15) is 10.7 Å². The molecule has 1 aromatic carbocycles. The first kappa shape index (κ1) is 16.5. The van der Waals surface area contributed by atoms with E-state index in [1.807, 2.05) is 0 Å². The van der Waals surface area contributed by atoms with E-state index in [2.05, 4.69) is 9.71 Å². The zero-order valence-electron chi connectivity index (χ0n) is 12.7. The number of nitrogens with one attached hydrogen (secondary N) is 1. The van der Waals surface area contributed by atoms with Crippen molar-refractivity contribution in [2.45, 2.75) is 11.3 Å². The van der Waals surface area contributed by atoms with Crippen molar-refractivity contribution in [3.05, 3.63) is 54.6 Å². The normalized spacial score (nSPS) is 18.1. The molecule has 0 bridgehead atoms. The molecule has 1 fully saturated rings. The summed E-state index contributed by atoms with van der Waals surface area (Å²) in [5, 5.41) is 0. The maximum atomic E-state index is 13.0. The summed E-state index contributed by atoms with van der Waals surface area (Å²) in [6, 6.07) is 8.66. The van der Waals surface area contributed by atoms with Crippen LogP contribution in [0.5, 0.6) is 0 Å². The number of rotatable bonds is 5. The van der Waals surface area contributed by atoms with Crippen LogP contribution in [0.15, 0.2) is 53.7 Å². The molecular formula is C16H16FN3O3S. The van der Waals surface area contributed by atoms with Gasteiger partial charge in [-0.15, -0.1) is 0 Å². The fourth-order valence-corrected chi connectivity index (χ4v) is 3.68. The number of hydrogen-bond donors (Lipinski definition) is 1. The number of carbonyl (C=O) groups excluding carboxylic acids is 1. The summed E-state index contributed by atoms with van der Waals surface area (Å²) in [5.41, 5.74) is 0.610. The summed E-state index contributed by atoms with van der Waals surface area (Å²) in [6.07, 6.45) is 3.01. The van der Waals surface area contributed by atoms with Crippen LogP contribution in [0.2, 0.25) is 0 Å². The Hall–Kier alpha value is -2.32. The van der Waals surface area contributed by atoms with E-state index in [0.717, 1.165) is 0 Å². The number of carbonyl (C=O) groups is 1. The third-order valence-corrected chi connectivity index (χ3v) is 5.26. The number of pyridine rings is 1. The Balaban J connectivity index is 1.63. The van der Waals surface area contributed by atoms with E-state index in [-0.39, 0.29) is 35.5 Å². The van der Waals surface area contributed by atoms with Crippen LogP contribution >= 0.6 is 0 Å². The van der Waals surface area contributed by atoms with Crippen molar-refractivity contribution in [3.8, 4) is 0 Å². The Labute approximate surface area is 139 Å². The third kappa shape index (κ3) is 3.60. The predicted octanol–water partition coefficient (Wildman–Crippen LogP) is 1.55. The molecule has 0 unspecified atom stereocenters. The quantitative estimate of drug-likeness (QED) is 0.888. The van der Waals surface area contributed by atoms with E-state index in [4.69, 9.17) is 0 Å². The predicted molar refractivity (Wildman–Crippen MR) is 86.3 cm³/mol. The Morgan fingerprint density at radius 1 is 1.25 bits per heavy atom. The van der Waals surface area contributed by atoms with Crippen molar-refractivity contribution in [3.63, 3.8) is 0 Å². The molecule has 0 saturated carbocycles. The van der Waals surface area contributed by atoms with Gasteiger partial charge in [0.2, 0.25) is 15.9 Å². The summed E-state index contributed by atoms with van der Waals surface area (Å²) in [7, 11) is -3.64. The van der Waals surface area contributed by atoms with E-state index in [0.29, 0.717) is 12.2 Å². The summed E-state index contributed by atoms with van der Waals surface area (Å²) < 4.78 is 39.8. The minimum atomic E-state index is -3.64. The molecule has 24 heavy (non-hydrogen) atoms. The van der Waals surface area contributed by atoms with Crippen molar-refractivity contribution >= 4 is 21.6 Å².